The lowest BCUT2D eigenvalue weighted by atomic mass is 10.0. The third-order valence-electron chi connectivity index (χ3n) is 3.27. The largest absolute Gasteiger partial charge is 0.273 e. The van der Waals surface area contributed by atoms with Crippen molar-refractivity contribution < 1.29 is 8.42 Å². The van der Waals surface area contributed by atoms with Gasteiger partial charge in [0.2, 0.25) is 0 Å². The average Bonchev–Trinajstić information content (AvgIpc) is 2.95. The molecule has 1 aromatic carbocycles. The van der Waals surface area contributed by atoms with Crippen LogP contribution < -0.4 is 4.31 Å². The van der Waals surface area contributed by atoms with Gasteiger partial charge in [0.1, 0.15) is 4.21 Å². The summed E-state index contributed by atoms with van der Waals surface area (Å²) in [6.45, 7) is 2.52. The maximum Gasteiger partial charge on any atom is 0.273 e. The number of hydrogen-bond acceptors (Lipinski definition) is 3. The molecule has 2 heterocycles. The summed E-state index contributed by atoms with van der Waals surface area (Å²) in [7, 11) is -3.50. The van der Waals surface area contributed by atoms with Gasteiger partial charge in [0, 0.05) is 12.5 Å². The molecule has 0 radical (unpaired) electrons. The molecule has 1 aromatic heterocycles. The summed E-state index contributed by atoms with van der Waals surface area (Å²) < 4.78 is 27.5. The first kappa shape index (κ1) is 13.0. The van der Waals surface area contributed by atoms with E-state index in [1.54, 1.807) is 12.1 Å². The van der Waals surface area contributed by atoms with Crippen LogP contribution in [0.5, 0.6) is 0 Å². The van der Waals surface area contributed by atoms with Gasteiger partial charge >= 0.3 is 0 Å². The molecule has 1 aliphatic heterocycles. The summed E-state index contributed by atoms with van der Waals surface area (Å²) in [5.41, 5.74) is 1.85. The van der Waals surface area contributed by atoms with Gasteiger partial charge in [0.25, 0.3) is 10.0 Å². The molecule has 0 saturated heterocycles. The van der Waals surface area contributed by atoms with Gasteiger partial charge in [0.15, 0.2) is 0 Å². The van der Waals surface area contributed by atoms with Crippen LogP contribution in [-0.4, -0.2) is 15.0 Å². The molecule has 0 aliphatic carbocycles. The van der Waals surface area contributed by atoms with Gasteiger partial charge in [-0.2, -0.15) is 0 Å². The Bertz CT molecular complexity index is 724. The highest BCUT2D eigenvalue weighted by atomic mass is 35.5. The van der Waals surface area contributed by atoms with Crippen LogP contribution in [0.1, 0.15) is 18.4 Å². The quantitative estimate of drug-likeness (QED) is 0.847. The molecule has 0 saturated carbocycles. The van der Waals surface area contributed by atoms with E-state index in [0.717, 1.165) is 22.6 Å². The fraction of sp³-hybridized carbons (Fsp3) is 0.231. The summed E-state index contributed by atoms with van der Waals surface area (Å²) in [6.07, 6.45) is 0. The Labute approximate surface area is 121 Å². The summed E-state index contributed by atoms with van der Waals surface area (Å²) in [5.74, 6) is 0.210. The normalized spacial score (nSPS) is 18.6. The first-order chi connectivity index (χ1) is 9.00. The zero-order chi connectivity index (χ0) is 13.6. The van der Waals surface area contributed by atoms with E-state index >= 15 is 0 Å². The molecule has 0 amide bonds. The SMILES string of the molecule is CC1CN(S(=O)(=O)c2ccc(Cl)s2)c2ccccc21. The van der Waals surface area contributed by atoms with Crippen molar-refractivity contribution in [2.24, 2.45) is 0 Å². The van der Waals surface area contributed by atoms with Gasteiger partial charge in [-0.15, -0.1) is 11.3 Å². The van der Waals surface area contributed by atoms with Crippen LogP contribution in [0.2, 0.25) is 4.34 Å². The highest BCUT2D eigenvalue weighted by Crippen LogP contribution is 2.40. The lowest BCUT2D eigenvalue weighted by Crippen LogP contribution is -2.29. The van der Waals surface area contributed by atoms with Gasteiger partial charge < -0.3 is 0 Å². The monoisotopic (exact) mass is 313 g/mol. The minimum atomic E-state index is -3.50. The van der Waals surface area contributed by atoms with Gasteiger partial charge in [-0.05, 0) is 23.8 Å². The summed E-state index contributed by atoms with van der Waals surface area (Å²) >= 11 is 6.93. The number of nitrogens with zero attached hydrogens (tertiary/aromatic N) is 1. The molecule has 100 valence electrons. The van der Waals surface area contributed by atoms with E-state index in [0.29, 0.717) is 15.1 Å². The Morgan fingerprint density at radius 3 is 2.68 bits per heavy atom. The molecule has 19 heavy (non-hydrogen) atoms. The van der Waals surface area contributed by atoms with Crippen LogP contribution >= 0.6 is 22.9 Å². The van der Waals surface area contributed by atoms with Gasteiger partial charge in [-0.3, -0.25) is 4.31 Å². The molecular formula is C13H12ClNO2S2. The number of para-hydroxylation sites is 1. The van der Waals surface area contributed by atoms with E-state index in [-0.39, 0.29) is 5.92 Å². The molecule has 0 fully saturated rings. The minimum absolute atomic E-state index is 0.210. The fourth-order valence-corrected chi connectivity index (χ4v) is 5.53. The van der Waals surface area contributed by atoms with Crippen LogP contribution in [0.3, 0.4) is 0 Å². The summed E-state index contributed by atoms with van der Waals surface area (Å²) in [5, 5.41) is 0. The van der Waals surface area contributed by atoms with Crippen molar-refractivity contribution in [2.75, 3.05) is 10.8 Å². The zero-order valence-electron chi connectivity index (χ0n) is 10.2. The number of anilines is 1. The molecule has 0 N–H and O–H groups in total. The molecule has 1 atom stereocenters. The van der Waals surface area contributed by atoms with E-state index in [2.05, 4.69) is 0 Å². The van der Waals surface area contributed by atoms with Crippen molar-refractivity contribution in [1.29, 1.82) is 0 Å². The van der Waals surface area contributed by atoms with Crippen LogP contribution in [0.15, 0.2) is 40.6 Å². The van der Waals surface area contributed by atoms with Crippen LogP contribution in [0.4, 0.5) is 5.69 Å². The van der Waals surface area contributed by atoms with E-state index < -0.39 is 10.0 Å². The minimum Gasteiger partial charge on any atom is -0.265 e. The molecular weight excluding hydrogens is 302 g/mol. The Morgan fingerprint density at radius 2 is 2.00 bits per heavy atom. The van der Waals surface area contributed by atoms with Gasteiger partial charge in [-0.1, -0.05) is 36.7 Å². The standard InChI is InChI=1S/C13H12ClNO2S2/c1-9-8-15(11-5-3-2-4-10(9)11)19(16,17)13-7-6-12(14)18-13/h2-7,9H,8H2,1H3. The maximum atomic E-state index is 12.6. The number of thiophene rings is 1. The van der Waals surface area contributed by atoms with E-state index in [1.807, 2.05) is 31.2 Å². The van der Waals surface area contributed by atoms with E-state index in [4.69, 9.17) is 11.6 Å². The molecule has 1 unspecified atom stereocenters. The van der Waals surface area contributed by atoms with Crippen molar-refractivity contribution in [3.8, 4) is 0 Å². The zero-order valence-corrected chi connectivity index (χ0v) is 12.6. The lowest BCUT2D eigenvalue weighted by Gasteiger charge is -2.18. The number of sulfonamides is 1. The first-order valence-electron chi connectivity index (χ1n) is 5.87. The second kappa shape index (κ2) is 4.51. The fourth-order valence-electron chi connectivity index (χ4n) is 2.35. The average molecular weight is 314 g/mol. The van der Waals surface area contributed by atoms with Crippen molar-refractivity contribution in [3.63, 3.8) is 0 Å². The second-order valence-corrected chi connectivity index (χ2v) is 8.36. The third-order valence-corrected chi connectivity index (χ3v) is 6.75. The number of halogens is 1. The number of rotatable bonds is 2. The Kier molecular flexibility index (Phi) is 3.08. The van der Waals surface area contributed by atoms with E-state index in [1.165, 1.54) is 4.31 Å². The van der Waals surface area contributed by atoms with Gasteiger partial charge in [0.05, 0.1) is 10.0 Å². The molecule has 0 spiro atoms. The second-order valence-electron chi connectivity index (χ2n) is 4.55. The molecule has 2 aromatic rings. The van der Waals surface area contributed by atoms with Crippen LogP contribution in [0.25, 0.3) is 0 Å². The molecule has 6 heteroatoms. The number of benzene rings is 1. The van der Waals surface area contributed by atoms with E-state index in [9.17, 15) is 8.42 Å². The predicted octanol–water partition coefficient (Wildman–Crippen LogP) is 3.71. The van der Waals surface area contributed by atoms with Crippen LogP contribution in [-0.2, 0) is 10.0 Å². The van der Waals surface area contributed by atoms with Crippen molar-refractivity contribution in [2.45, 2.75) is 17.1 Å². The first-order valence-corrected chi connectivity index (χ1v) is 8.50. The smallest absolute Gasteiger partial charge is 0.265 e. The predicted molar refractivity (Wildman–Crippen MR) is 78.7 cm³/mol. The highest BCUT2D eigenvalue weighted by Gasteiger charge is 2.35. The topological polar surface area (TPSA) is 37.4 Å². The molecule has 3 rings (SSSR count). The Hall–Kier alpha value is -1.04. The van der Waals surface area contributed by atoms with Gasteiger partial charge in [-0.25, -0.2) is 8.42 Å². The van der Waals surface area contributed by atoms with Crippen molar-refractivity contribution in [1.82, 2.24) is 0 Å². The van der Waals surface area contributed by atoms with Crippen LogP contribution in [0, 0.1) is 0 Å². The number of fused-ring (bicyclic) bond motifs is 1. The number of hydrogen-bond donors (Lipinski definition) is 0. The summed E-state index contributed by atoms with van der Waals surface area (Å²) in [6, 6.07) is 10.8. The Morgan fingerprint density at radius 1 is 1.26 bits per heavy atom. The highest BCUT2D eigenvalue weighted by molar-refractivity contribution is 7.94. The third kappa shape index (κ3) is 2.06. The molecule has 0 bridgehead atoms. The van der Waals surface area contributed by atoms with Crippen molar-refractivity contribution >= 4 is 38.6 Å². The lowest BCUT2D eigenvalue weighted by molar-refractivity contribution is 0.592. The maximum absolute atomic E-state index is 12.6. The van der Waals surface area contributed by atoms with Crippen molar-refractivity contribution in [3.05, 3.63) is 46.3 Å². The molecule has 1 aliphatic rings. The summed E-state index contributed by atoms with van der Waals surface area (Å²) in [4.78, 5) is 0. The Balaban J connectivity index is 2.09. The molecule has 3 nitrogen and oxygen atoms in total.